The van der Waals surface area contributed by atoms with Crippen LogP contribution < -0.4 is 20.5 Å². The Morgan fingerprint density at radius 1 is 1.16 bits per heavy atom. The lowest BCUT2D eigenvalue weighted by atomic mass is 10.2. The Morgan fingerprint density at radius 3 is 2.47 bits per heavy atom. The lowest BCUT2D eigenvalue weighted by Gasteiger charge is -2.13. The van der Waals surface area contributed by atoms with Crippen LogP contribution in [0.2, 0.25) is 5.02 Å². The summed E-state index contributed by atoms with van der Waals surface area (Å²) in [5.74, 6) is -2.86. The normalized spacial score (nSPS) is 11.0. The van der Waals surface area contributed by atoms with Gasteiger partial charge in [-0.2, -0.15) is 0 Å². The Hall–Kier alpha value is -3.02. The molecule has 12 heteroatoms. The van der Waals surface area contributed by atoms with Crippen molar-refractivity contribution in [1.29, 1.82) is 0 Å². The van der Waals surface area contributed by atoms with E-state index in [4.69, 9.17) is 22.1 Å². The number of halogens is 1. The fourth-order valence-corrected chi connectivity index (χ4v) is 3.71. The number of amides is 3. The zero-order valence-electron chi connectivity index (χ0n) is 17.3. The second kappa shape index (κ2) is 11.6. The number of rotatable bonds is 10. The number of carbonyl (C=O) groups is 3. The number of pyridine rings is 1. The van der Waals surface area contributed by atoms with Gasteiger partial charge in [-0.25, -0.2) is 18.1 Å². The van der Waals surface area contributed by atoms with Crippen molar-refractivity contribution in [2.24, 2.45) is 5.73 Å². The van der Waals surface area contributed by atoms with Crippen LogP contribution in [-0.2, 0) is 21.4 Å². The van der Waals surface area contributed by atoms with Crippen molar-refractivity contribution in [3.63, 3.8) is 0 Å². The van der Waals surface area contributed by atoms with Gasteiger partial charge in [0.05, 0.1) is 17.9 Å². The first-order valence-electron chi connectivity index (χ1n) is 9.61. The topological polar surface area (TPSA) is 158 Å². The molecule has 0 aliphatic rings. The highest BCUT2D eigenvalue weighted by Crippen LogP contribution is 2.21. The standard InChI is InChI=1S/C20H23ClN4O6S/c1-2-3-8-32(29,30)25-19(27)14-9-16(31-12-13-4-6-15(21)7-5-13)18(23-11-14)20(28)24-17(26)10-22/h4-7,9,11H,2-3,8,10,12,22H2,1H3,(H,25,27)(H,24,26,28). The zero-order chi connectivity index (χ0) is 23.7. The molecule has 32 heavy (non-hydrogen) atoms. The molecule has 0 spiro atoms. The Kier molecular flexibility index (Phi) is 9.12. The summed E-state index contributed by atoms with van der Waals surface area (Å²) in [4.78, 5) is 40.2. The molecule has 0 fully saturated rings. The van der Waals surface area contributed by atoms with E-state index in [9.17, 15) is 22.8 Å². The number of unbranched alkanes of at least 4 members (excludes halogenated alkanes) is 1. The Bertz CT molecular complexity index is 1090. The maximum Gasteiger partial charge on any atom is 0.280 e. The number of hydrogen-bond acceptors (Lipinski definition) is 8. The minimum absolute atomic E-state index is 0.0101. The molecule has 172 valence electrons. The molecule has 0 saturated heterocycles. The van der Waals surface area contributed by atoms with E-state index in [1.54, 1.807) is 24.3 Å². The van der Waals surface area contributed by atoms with Gasteiger partial charge in [-0.1, -0.05) is 37.1 Å². The molecule has 1 aromatic heterocycles. The van der Waals surface area contributed by atoms with Crippen LogP contribution in [0.25, 0.3) is 0 Å². The van der Waals surface area contributed by atoms with E-state index in [2.05, 4.69) is 4.98 Å². The molecule has 0 atom stereocenters. The molecular weight excluding hydrogens is 460 g/mol. The van der Waals surface area contributed by atoms with Gasteiger partial charge in [0.1, 0.15) is 6.61 Å². The fraction of sp³-hybridized carbons (Fsp3) is 0.300. The van der Waals surface area contributed by atoms with Crippen molar-refractivity contribution in [1.82, 2.24) is 15.0 Å². The Morgan fingerprint density at radius 2 is 1.84 bits per heavy atom. The first kappa shape index (κ1) is 25.2. The van der Waals surface area contributed by atoms with Gasteiger partial charge in [0.25, 0.3) is 11.8 Å². The number of sulfonamides is 1. The molecular formula is C20H23ClN4O6S. The van der Waals surface area contributed by atoms with Crippen molar-refractivity contribution in [3.8, 4) is 5.75 Å². The highest BCUT2D eigenvalue weighted by molar-refractivity contribution is 7.90. The van der Waals surface area contributed by atoms with Crippen LogP contribution in [0.4, 0.5) is 0 Å². The molecule has 0 bridgehead atoms. The molecule has 0 saturated carbocycles. The molecule has 4 N–H and O–H groups in total. The first-order chi connectivity index (χ1) is 15.1. The van der Waals surface area contributed by atoms with Crippen LogP contribution in [0, 0.1) is 0 Å². The van der Waals surface area contributed by atoms with Crippen LogP contribution in [0.3, 0.4) is 0 Å². The van der Waals surface area contributed by atoms with Gasteiger partial charge < -0.3 is 10.5 Å². The van der Waals surface area contributed by atoms with Crippen molar-refractivity contribution in [2.75, 3.05) is 12.3 Å². The Balaban J connectivity index is 2.30. The summed E-state index contributed by atoms with van der Waals surface area (Å²) in [5, 5.41) is 2.57. The number of aromatic nitrogens is 1. The number of ether oxygens (including phenoxy) is 1. The van der Waals surface area contributed by atoms with Crippen molar-refractivity contribution >= 4 is 39.3 Å². The van der Waals surface area contributed by atoms with Gasteiger partial charge in [-0.3, -0.25) is 19.7 Å². The molecule has 10 nitrogen and oxygen atoms in total. The average molecular weight is 483 g/mol. The summed E-state index contributed by atoms with van der Waals surface area (Å²) in [7, 11) is -3.83. The highest BCUT2D eigenvalue weighted by Gasteiger charge is 2.21. The summed E-state index contributed by atoms with van der Waals surface area (Å²) in [6.45, 7) is 1.40. The molecule has 0 aliphatic heterocycles. The molecule has 0 unspecified atom stereocenters. The molecule has 3 amide bonds. The van der Waals surface area contributed by atoms with Gasteiger partial charge in [-0.15, -0.1) is 0 Å². The van der Waals surface area contributed by atoms with Crippen LogP contribution in [0.1, 0.15) is 46.2 Å². The zero-order valence-corrected chi connectivity index (χ0v) is 18.8. The van der Waals surface area contributed by atoms with E-state index < -0.39 is 34.3 Å². The highest BCUT2D eigenvalue weighted by atomic mass is 35.5. The number of carbonyl (C=O) groups excluding carboxylic acids is 3. The monoisotopic (exact) mass is 482 g/mol. The van der Waals surface area contributed by atoms with Crippen molar-refractivity contribution < 1.29 is 27.5 Å². The summed E-state index contributed by atoms with van der Waals surface area (Å²) in [5.41, 5.74) is 5.50. The van der Waals surface area contributed by atoms with Crippen LogP contribution in [-0.4, -0.2) is 43.4 Å². The molecule has 1 aromatic carbocycles. The number of hydrogen-bond donors (Lipinski definition) is 3. The van der Waals surface area contributed by atoms with E-state index >= 15 is 0 Å². The SMILES string of the molecule is CCCCS(=O)(=O)NC(=O)c1cnc(C(=O)NC(=O)CN)c(OCc2ccc(Cl)cc2)c1. The minimum atomic E-state index is -3.83. The molecule has 0 aliphatic carbocycles. The summed E-state index contributed by atoms with van der Waals surface area (Å²) in [6.07, 6.45) is 2.05. The van der Waals surface area contributed by atoms with E-state index in [1.165, 1.54) is 6.07 Å². The van der Waals surface area contributed by atoms with Crippen LogP contribution in [0.5, 0.6) is 5.75 Å². The number of nitrogens with one attached hydrogen (secondary N) is 2. The van der Waals surface area contributed by atoms with E-state index in [1.807, 2.05) is 17.0 Å². The third-order valence-corrected chi connectivity index (χ3v) is 5.67. The quantitative estimate of drug-likeness (QED) is 0.458. The van der Waals surface area contributed by atoms with Crippen LogP contribution in [0.15, 0.2) is 36.5 Å². The Labute approximate surface area is 190 Å². The number of nitrogens with zero attached hydrogens (tertiary/aromatic N) is 1. The van der Waals surface area contributed by atoms with Crippen molar-refractivity contribution in [2.45, 2.75) is 26.4 Å². The predicted molar refractivity (Wildman–Crippen MR) is 118 cm³/mol. The van der Waals surface area contributed by atoms with Gasteiger partial charge in [-0.05, 0) is 30.2 Å². The lowest BCUT2D eigenvalue weighted by molar-refractivity contribution is -0.118. The van der Waals surface area contributed by atoms with E-state index in [-0.39, 0.29) is 29.4 Å². The number of nitrogens with two attached hydrogens (primary N) is 1. The summed E-state index contributed by atoms with van der Waals surface area (Å²) in [6, 6.07) is 7.87. The van der Waals surface area contributed by atoms with Gasteiger partial charge in [0.2, 0.25) is 15.9 Å². The van der Waals surface area contributed by atoms with Crippen LogP contribution >= 0.6 is 11.6 Å². The first-order valence-corrected chi connectivity index (χ1v) is 11.6. The van der Waals surface area contributed by atoms with Gasteiger partial charge in [0.15, 0.2) is 11.4 Å². The summed E-state index contributed by atoms with van der Waals surface area (Å²) < 4.78 is 31.6. The molecule has 2 aromatic rings. The minimum Gasteiger partial charge on any atom is -0.486 e. The number of benzene rings is 1. The summed E-state index contributed by atoms with van der Waals surface area (Å²) >= 11 is 5.86. The maximum absolute atomic E-state index is 12.4. The lowest BCUT2D eigenvalue weighted by Crippen LogP contribution is -2.36. The average Bonchev–Trinajstić information content (AvgIpc) is 2.76. The predicted octanol–water partition coefficient (Wildman–Crippen LogP) is 1.39. The second-order valence-corrected chi connectivity index (χ2v) is 8.95. The maximum atomic E-state index is 12.4. The van der Waals surface area contributed by atoms with Gasteiger partial charge in [0, 0.05) is 11.2 Å². The number of imide groups is 1. The molecule has 2 rings (SSSR count). The second-order valence-electron chi connectivity index (χ2n) is 6.67. The smallest absolute Gasteiger partial charge is 0.280 e. The third kappa shape index (κ3) is 7.59. The van der Waals surface area contributed by atoms with Crippen molar-refractivity contribution in [3.05, 3.63) is 58.4 Å². The van der Waals surface area contributed by atoms with E-state index in [0.717, 1.165) is 6.20 Å². The fourth-order valence-electron chi connectivity index (χ4n) is 2.41. The third-order valence-electron chi connectivity index (χ3n) is 4.09. The van der Waals surface area contributed by atoms with Gasteiger partial charge >= 0.3 is 0 Å². The molecule has 1 heterocycles. The van der Waals surface area contributed by atoms with E-state index in [0.29, 0.717) is 23.4 Å². The molecule has 0 radical (unpaired) electrons. The largest absolute Gasteiger partial charge is 0.486 e.